The topological polar surface area (TPSA) is 115 Å². The number of rotatable bonds is 4. The van der Waals surface area contributed by atoms with Crippen LogP contribution in [0, 0.1) is 6.92 Å². The summed E-state index contributed by atoms with van der Waals surface area (Å²) < 4.78 is 46.5. The molecular formula is C18H12F3N4O4S+. The van der Waals surface area contributed by atoms with Gasteiger partial charge in [0.1, 0.15) is 15.5 Å². The van der Waals surface area contributed by atoms with Gasteiger partial charge >= 0.3 is 17.7 Å². The molecule has 12 heteroatoms. The Kier molecular flexibility index (Phi) is 4.57. The third-order valence-electron chi connectivity index (χ3n) is 4.13. The third-order valence-corrected chi connectivity index (χ3v) is 5.24. The van der Waals surface area contributed by atoms with E-state index in [9.17, 15) is 22.8 Å². The molecule has 3 aromatic heterocycles. The first kappa shape index (κ1) is 19.6. The monoisotopic (exact) mass is 437 g/mol. The van der Waals surface area contributed by atoms with Crippen LogP contribution < -0.4 is 20.8 Å². The van der Waals surface area contributed by atoms with E-state index >= 15 is 0 Å². The highest BCUT2D eigenvalue weighted by Gasteiger charge is 2.35. The van der Waals surface area contributed by atoms with E-state index < -0.39 is 29.2 Å². The van der Waals surface area contributed by atoms with Crippen molar-refractivity contribution >= 4 is 33.0 Å². The highest BCUT2D eigenvalue weighted by atomic mass is 32.1. The van der Waals surface area contributed by atoms with Crippen LogP contribution >= 0.6 is 11.3 Å². The molecular weight excluding hydrogens is 425 g/mol. The van der Waals surface area contributed by atoms with Crippen LogP contribution in [0.25, 0.3) is 15.9 Å². The lowest BCUT2D eigenvalue weighted by Crippen LogP contribution is -2.41. The van der Waals surface area contributed by atoms with E-state index in [0.717, 1.165) is 33.8 Å². The van der Waals surface area contributed by atoms with Crippen LogP contribution in [0.15, 0.2) is 45.7 Å². The average molecular weight is 437 g/mol. The number of carbonyl (C=O) groups is 1. The van der Waals surface area contributed by atoms with Crippen molar-refractivity contribution in [1.29, 1.82) is 0 Å². The van der Waals surface area contributed by atoms with Crippen LogP contribution in [0.1, 0.15) is 21.1 Å². The average Bonchev–Trinajstić information content (AvgIpc) is 3.20. The SMILES string of the molecule is Cc1ccc2c(N)c(C(=O)c3c(=O)o[nH][n+]3-c3ccc(OC(F)(F)F)cc3)sc2n1. The summed E-state index contributed by atoms with van der Waals surface area (Å²) in [4.78, 5) is 30.2. The number of nitrogens with zero attached hydrogens (tertiary/aromatic N) is 2. The fourth-order valence-corrected chi connectivity index (χ4v) is 3.89. The number of thiophene rings is 1. The summed E-state index contributed by atoms with van der Waals surface area (Å²) >= 11 is 1.03. The largest absolute Gasteiger partial charge is 0.573 e. The van der Waals surface area contributed by atoms with Crippen LogP contribution in [0.4, 0.5) is 18.9 Å². The Morgan fingerprint density at radius 2 is 1.93 bits per heavy atom. The first-order valence-corrected chi connectivity index (χ1v) is 9.16. The molecule has 0 unspecified atom stereocenters. The Balaban J connectivity index is 1.75. The normalized spacial score (nSPS) is 11.7. The van der Waals surface area contributed by atoms with Gasteiger partial charge in [-0.1, -0.05) is 0 Å². The molecule has 1 aromatic carbocycles. The number of carbonyl (C=O) groups excluding carboxylic acids is 1. The van der Waals surface area contributed by atoms with Gasteiger partial charge in [-0.05, 0) is 41.1 Å². The number of ether oxygens (including phenoxy) is 1. The number of aromatic nitrogens is 3. The number of pyridine rings is 1. The number of hydrogen-bond donors (Lipinski definition) is 2. The molecule has 0 aliphatic carbocycles. The van der Waals surface area contributed by atoms with Crippen LogP contribution in [-0.4, -0.2) is 22.4 Å². The second-order valence-electron chi connectivity index (χ2n) is 6.19. The van der Waals surface area contributed by atoms with Crippen molar-refractivity contribution in [3.05, 3.63) is 63.1 Å². The lowest BCUT2D eigenvalue weighted by Gasteiger charge is -2.07. The number of halogens is 3. The summed E-state index contributed by atoms with van der Waals surface area (Å²) in [5, 5.41) is 2.84. The first-order chi connectivity index (χ1) is 14.1. The molecule has 0 bridgehead atoms. The predicted octanol–water partition coefficient (Wildman–Crippen LogP) is 2.87. The zero-order valence-corrected chi connectivity index (χ0v) is 15.9. The highest BCUT2D eigenvalue weighted by molar-refractivity contribution is 7.21. The number of ketones is 1. The van der Waals surface area contributed by atoms with Gasteiger partial charge in [0.25, 0.3) is 5.78 Å². The second kappa shape index (κ2) is 6.99. The zero-order valence-electron chi connectivity index (χ0n) is 15.1. The van der Waals surface area contributed by atoms with Crippen molar-refractivity contribution in [1.82, 2.24) is 10.3 Å². The number of nitrogens with one attached hydrogen (secondary N) is 1. The minimum Gasteiger partial charge on any atom is -0.406 e. The van der Waals surface area contributed by atoms with Gasteiger partial charge in [-0.15, -0.1) is 24.5 Å². The van der Waals surface area contributed by atoms with Gasteiger partial charge < -0.3 is 10.5 Å². The van der Waals surface area contributed by atoms with Gasteiger partial charge in [-0.25, -0.2) is 9.78 Å². The van der Waals surface area contributed by atoms with E-state index in [0.29, 0.717) is 10.2 Å². The number of fused-ring (bicyclic) bond motifs is 1. The minimum absolute atomic E-state index is 0.0979. The molecule has 0 atom stereocenters. The molecule has 4 rings (SSSR count). The van der Waals surface area contributed by atoms with Gasteiger partial charge in [-0.3, -0.25) is 9.32 Å². The Labute approximate surface area is 169 Å². The Bertz CT molecular complexity index is 1320. The number of H-pyrrole nitrogens is 1. The van der Waals surface area contributed by atoms with E-state index in [2.05, 4.69) is 15.0 Å². The van der Waals surface area contributed by atoms with Crippen LogP contribution in [-0.2, 0) is 0 Å². The van der Waals surface area contributed by atoms with E-state index in [-0.39, 0.29) is 16.3 Å². The maximum Gasteiger partial charge on any atom is 0.573 e. The van der Waals surface area contributed by atoms with Crippen molar-refractivity contribution in [2.24, 2.45) is 0 Å². The van der Waals surface area contributed by atoms with Crippen LogP contribution in [0.2, 0.25) is 0 Å². The standard InChI is InChI=1S/C18H11F3N4O4S/c1-8-2-7-11-12(22)15(30-16(11)23-8)14(26)13-17(27)29-24-25(13)9-3-5-10(6-4-9)28-18(19,20)21/h2-7H,1H3,(H2-,22,24,26,27)/p+1. The number of aryl methyl sites for hydroxylation is 1. The summed E-state index contributed by atoms with van der Waals surface area (Å²) in [5.41, 5.74) is 5.82. The summed E-state index contributed by atoms with van der Waals surface area (Å²) in [6, 6.07) is 8.00. The first-order valence-electron chi connectivity index (χ1n) is 8.34. The fourth-order valence-electron chi connectivity index (χ4n) is 2.81. The van der Waals surface area contributed by atoms with Crippen molar-refractivity contribution in [3.8, 4) is 11.4 Å². The fraction of sp³-hybridized carbons (Fsp3) is 0.111. The zero-order chi connectivity index (χ0) is 21.6. The van der Waals surface area contributed by atoms with E-state index in [1.807, 2.05) is 0 Å². The molecule has 3 N–H and O–H groups in total. The molecule has 0 fully saturated rings. The summed E-state index contributed by atoms with van der Waals surface area (Å²) in [5.74, 6) is -1.17. The number of nitrogens with two attached hydrogens (primary N) is 1. The number of benzene rings is 1. The lowest BCUT2D eigenvalue weighted by molar-refractivity contribution is -0.672. The molecule has 0 saturated heterocycles. The van der Waals surface area contributed by atoms with E-state index in [1.165, 1.54) is 12.1 Å². The van der Waals surface area contributed by atoms with Gasteiger partial charge in [-0.2, -0.15) is 0 Å². The van der Waals surface area contributed by atoms with Gasteiger partial charge in [0.15, 0.2) is 0 Å². The molecule has 0 radical (unpaired) electrons. The van der Waals surface area contributed by atoms with Crippen molar-refractivity contribution in [2.45, 2.75) is 13.3 Å². The minimum atomic E-state index is -4.84. The molecule has 0 saturated carbocycles. The van der Waals surface area contributed by atoms with Gasteiger partial charge in [0.05, 0.1) is 5.69 Å². The molecule has 0 aliphatic rings. The molecule has 0 spiro atoms. The smallest absolute Gasteiger partial charge is 0.406 e. The number of hydrogen-bond acceptors (Lipinski definition) is 7. The summed E-state index contributed by atoms with van der Waals surface area (Å²) in [7, 11) is 0. The molecule has 3 heterocycles. The highest BCUT2D eigenvalue weighted by Crippen LogP contribution is 2.33. The van der Waals surface area contributed by atoms with E-state index in [4.69, 9.17) is 10.3 Å². The molecule has 154 valence electrons. The van der Waals surface area contributed by atoms with Gasteiger partial charge in [0, 0.05) is 23.2 Å². The van der Waals surface area contributed by atoms with Crippen molar-refractivity contribution in [3.63, 3.8) is 0 Å². The van der Waals surface area contributed by atoms with Gasteiger partial charge in [0.2, 0.25) is 5.69 Å². The molecule has 4 aromatic rings. The number of aromatic amines is 1. The number of anilines is 1. The van der Waals surface area contributed by atoms with Crippen LogP contribution in [0.3, 0.4) is 0 Å². The number of nitrogen functional groups attached to an aromatic ring is 1. The summed E-state index contributed by atoms with van der Waals surface area (Å²) in [6.07, 6.45) is -4.84. The van der Waals surface area contributed by atoms with E-state index in [1.54, 1.807) is 19.1 Å². The quantitative estimate of drug-likeness (QED) is 0.375. The molecule has 30 heavy (non-hydrogen) atoms. The second-order valence-corrected chi connectivity index (χ2v) is 7.18. The maximum absolute atomic E-state index is 13.1. The lowest BCUT2D eigenvalue weighted by atomic mass is 10.2. The predicted molar refractivity (Wildman–Crippen MR) is 99.7 cm³/mol. The van der Waals surface area contributed by atoms with Crippen molar-refractivity contribution in [2.75, 3.05) is 5.73 Å². The Morgan fingerprint density at radius 1 is 1.23 bits per heavy atom. The maximum atomic E-state index is 13.1. The summed E-state index contributed by atoms with van der Waals surface area (Å²) in [6.45, 7) is 1.79. The molecule has 0 amide bonds. The third kappa shape index (κ3) is 3.52. The Hall–Kier alpha value is -3.67. The number of alkyl halides is 3. The van der Waals surface area contributed by atoms with Crippen molar-refractivity contribution < 1.29 is 31.9 Å². The Morgan fingerprint density at radius 3 is 2.60 bits per heavy atom. The molecule has 0 aliphatic heterocycles. The molecule has 8 nitrogen and oxygen atoms in total. The van der Waals surface area contributed by atoms with Crippen LogP contribution in [0.5, 0.6) is 5.75 Å².